The van der Waals surface area contributed by atoms with Gasteiger partial charge in [0.2, 0.25) is 0 Å². The number of carbonyl (C=O) groups excluding carboxylic acids is 1. The molecule has 9 heteroatoms. The van der Waals surface area contributed by atoms with Gasteiger partial charge >= 0.3 is 6.18 Å². The molecule has 188 valence electrons. The van der Waals surface area contributed by atoms with E-state index >= 15 is 0 Å². The van der Waals surface area contributed by atoms with Gasteiger partial charge in [-0.2, -0.15) is 13.2 Å². The number of hydrogen-bond donors (Lipinski definition) is 2. The summed E-state index contributed by atoms with van der Waals surface area (Å²) in [7, 11) is 0. The van der Waals surface area contributed by atoms with Crippen molar-refractivity contribution < 1.29 is 22.7 Å². The van der Waals surface area contributed by atoms with Crippen molar-refractivity contribution in [1.29, 1.82) is 5.41 Å². The minimum absolute atomic E-state index is 0.0736. The molecule has 1 fully saturated rings. The third-order valence-electron chi connectivity index (χ3n) is 6.03. The molecule has 3 rings (SSSR count). The van der Waals surface area contributed by atoms with Gasteiger partial charge in [0.25, 0.3) is 5.91 Å². The number of nitrogens with zero attached hydrogens (tertiary/aromatic N) is 2. The third kappa shape index (κ3) is 7.40. The highest BCUT2D eigenvalue weighted by Crippen LogP contribution is 2.34. The Kier molecular flexibility index (Phi) is 9.06. The van der Waals surface area contributed by atoms with Gasteiger partial charge in [-0.1, -0.05) is 31.2 Å². The van der Waals surface area contributed by atoms with Gasteiger partial charge in [0.05, 0.1) is 5.56 Å². The van der Waals surface area contributed by atoms with Crippen molar-refractivity contribution in [3.63, 3.8) is 0 Å². The number of hydrogen-bond acceptors (Lipinski definition) is 5. The van der Waals surface area contributed by atoms with Crippen molar-refractivity contribution in [2.75, 3.05) is 44.6 Å². The molecule has 1 aliphatic rings. The summed E-state index contributed by atoms with van der Waals surface area (Å²) in [4.78, 5) is 16.6. The number of allylic oxidation sites excluding steroid dienone is 2. The van der Waals surface area contributed by atoms with Crippen LogP contribution in [0.1, 0.15) is 30.5 Å². The number of ether oxygens (including phenoxy) is 1. The van der Waals surface area contributed by atoms with Crippen LogP contribution in [0.4, 0.5) is 18.9 Å². The first-order valence-electron chi connectivity index (χ1n) is 11.6. The fourth-order valence-corrected chi connectivity index (χ4v) is 3.98. The molecule has 1 amide bonds. The highest BCUT2D eigenvalue weighted by molar-refractivity contribution is 6.08. The van der Waals surface area contributed by atoms with Gasteiger partial charge < -0.3 is 20.4 Å². The maximum Gasteiger partial charge on any atom is 0.416 e. The average molecular weight is 489 g/mol. The second-order valence-electron chi connectivity index (χ2n) is 8.33. The van der Waals surface area contributed by atoms with E-state index in [2.05, 4.69) is 17.1 Å². The van der Waals surface area contributed by atoms with Crippen molar-refractivity contribution in [2.24, 2.45) is 0 Å². The largest absolute Gasteiger partial charge is 0.484 e. The minimum Gasteiger partial charge on any atom is -0.484 e. The standard InChI is InChI=1S/C26H31F3N4O2/c1-3-19(16-30)20-6-9-23(10-7-20)35-18-25(34)31-22-8-5-21(24(15-22)26(27,28)29)17-33-13-11-32(4-2)12-14-33/h3,5-10,15-16,30H,4,11-14,17-18H2,1-2H3,(H,31,34)/b19-3+,30-16?. The molecule has 6 nitrogen and oxygen atoms in total. The summed E-state index contributed by atoms with van der Waals surface area (Å²) in [6.07, 6.45) is -1.47. The first-order valence-corrected chi connectivity index (χ1v) is 11.6. The van der Waals surface area contributed by atoms with Crippen LogP contribution in [0.2, 0.25) is 0 Å². The fraction of sp³-hybridized carbons (Fsp3) is 0.385. The quantitative estimate of drug-likeness (QED) is 0.492. The summed E-state index contributed by atoms with van der Waals surface area (Å²) in [6, 6.07) is 10.8. The molecule has 0 unspecified atom stereocenters. The molecular formula is C26H31F3N4O2. The lowest BCUT2D eigenvalue weighted by atomic mass is 10.0. The van der Waals surface area contributed by atoms with E-state index in [9.17, 15) is 18.0 Å². The van der Waals surface area contributed by atoms with E-state index in [4.69, 9.17) is 10.1 Å². The topological polar surface area (TPSA) is 68.7 Å². The third-order valence-corrected chi connectivity index (χ3v) is 6.03. The van der Waals surface area contributed by atoms with E-state index in [1.807, 2.05) is 17.9 Å². The number of benzene rings is 2. The molecule has 0 atom stereocenters. The molecule has 2 N–H and O–H groups in total. The van der Waals surface area contributed by atoms with Crippen molar-refractivity contribution in [3.8, 4) is 5.75 Å². The Morgan fingerprint density at radius 1 is 1.09 bits per heavy atom. The SMILES string of the molecule is C/C=C(\C=N)c1ccc(OCC(=O)Nc2ccc(CN3CCN(CC)CC3)c(C(F)(F)F)c2)cc1. The Labute approximate surface area is 203 Å². The number of halogens is 3. The monoisotopic (exact) mass is 488 g/mol. The molecule has 0 radical (unpaired) electrons. The molecule has 1 heterocycles. The number of alkyl halides is 3. The Balaban J connectivity index is 1.61. The Morgan fingerprint density at radius 3 is 2.31 bits per heavy atom. The van der Waals surface area contributed by atoms with Crippen LogP contribution in [0, 0.1) is 5.41 Å². The molecule has 2 aromatic carbocycles. The van der Waals surface area contributed by atoms with E-state index in [-0.39, 0.29) is 24.4 Å². The second-order valence-corrected chi connectivity index (χ2v) is 8.33. The van der Waals surface area contributed by atoms with Crippen LogP contribution in [-0.4, -0.2) is 61.3 Å². The van der Waals surface area contributed by atoms with Gasteiger partial charge in [0.15, 0.2) is 6.61 Å². The van der Waals surface area contributed by atoms with Crippen molar-refractivity contribution >= 4 is 23.4 Å². The summed E-state index contributed by atoms with van der Waals surface area (Å²) in [5.74, 6) is -0.113. The number of likely N-dealkylation sites (N-methyl/N-ethyl adjacent to an activating group) is 1. The van der Waals surface area contributed by atoms with Gasteiger partial charge in [-0.05, 0) is 54.4 Å². The van der Waals surface area contributed by atoms with E-state index in [1.54, 1.807) is 24.3 Å². The van der Waals surface area contributed by atoms with Crippen molar-refractivity contribution in [2.45, 2.75) is 26.6 Å². The van der Waals surface area contributed by atoms with Crippen LogP contribution in [0.5, 0.6) is 5.75 Å². The zero-order valence-electron chi connectivity index (χ0n) is 20.0. The van der Waals surface area contributed by atoms with Crippen LogP contribution in [0.3, 0.4) is 0 Å². The number of amides is 1. The van der Waals surface area contributed by atoms with Crippen LogP contribution in [-0.2, 0) is 17.5 Å². The molecule has 0 aromatic heterocycles. The van der Waals surface area contributed by atoms with E-state index in [0.29, 0.717) is 5.75 Å². The number of rotatable bonds is 9. The predicted octanol–water partition coefficient (Wildman–Crippen LogP) is 4.91. The second kappa shape index (κ2) is 12.0. The average Bonchev–Trinajstić information content (AvgIpc) is 2.85. The van der Waals surface area contributed by atoms with Gasteiger partial charge in [-0.25, -0.2) is 0 Å². The zero-order valence-corrected chi connectivity index (χ0v) is 20.0. The summed E-state index contributed by atoms with van der Waals surface area (Å²) in [5, 5.41) is 9.88. The number of carbonyl (C=O) groups is 1. The lowest BCUT2D eigenvalue weighted by molar-refractivity contribution is -0.138. The smallest absolute Gasteiger partial charge is 0.416 e. The molecule has 0 saturated carbocycles. The van der Waals surface area contributed by atoms with Gasteiger partial charge in [-0.3, -0.25) is 9.69 Å². The molecule has 1 aliphatic heterocycles. The van der Waals surface area contributed by atoms with Gasteiger partial charge in [0.1, 0.15) is 5.75 Å². The Hall–Kier alpha value is -3.17. The van der Waals surface area contributed by atoms with Crippen LogP contribution in [0.25, 0.3) is 5.57 Å². The molecular weight excluding hydrogens is 457 g/mol. The lowest BCUT2D eigenvalue weighted by Crippen LogP contribution is -2.45. The minimum atomic E-state index is -4.53. The van der Waals surface area contributed by atoms with Crippen LogP contribution < -0.4 is 10.1 Å². The molecule has 1 saturated heterocycles. The maximum atomic E-state index is 13.8. The molecule has 0 spiro atoms. The highest BCUT2D eigenvalue weighted by atomic mass is 19.4. The lowest BCUT2D eigenvalue weighted by Gasteiger charge is -2.34. The summed E-state index contributed by atoms with van der Waals surface area (Å²) >= 11 is 0. The first-order chi connectivity index (χ1) is 16.7. The van der Waals surface area contributed by atoms with Crippen molar-refractivity contribution in [3.05, 3.63) is 65.2 Å². The van der Waals surface area contributed by atoms with Gasteiger partial charge in [-0.15, -0.1) is 0 Å². The predicted molar refractivity (Wildman–Crippen MR) is 132 cm³/mol. The first kappa shape index (κ1) is 26.4. The summed E-state index contributed by atoms with van der Waals surface area (Å²) < 4.78 is 46.8. The Morgan fingerprint density at radius 2 is 1.74 bits per heavy atom. The van der Waals surface area contributed by atoms with Gasteiger partial charge in [0, 0.05) is 44.6 Å². The van der Waals surface area contributed by atoms with Crippen LogP contribution >= 0.6 is 0 Å². The number of nitrogens with one attached hydrogen (secondary N) is 2. The highest BCUT2D eigenvalue weighted by Gasteiger charge is 2.34. The summed E-state index contributed by atoms with van der Waals surface area (Å²) in [5.41, 5.74) is 1.12. The molecule has 0 aliphatic carbocycles. The molecule has 0 bridgehead atoms. The van der Waals surface area contributed by atoms with E-state index < -0.39 is 17.6 Å². The Bertz CT molecular complexity index is 1040. The van der Waals surface area contributed by atoms with E-state index in [0.717, 1.165) is 49.9 Å². The molecule has 35 heavy (non-hydrogen) atoms. The van der Waals surface area contributed by atoms with Crippen LogP contribution in [0.15, 0.2) is 48.5 Å². The maximum absolute atomic E-state index is 13.8. The molecule has 2 aromatic rings. The van der Waals surface area contributed by atoms with E-state index in [1.165, 1.54) is 18.3 Å². The number of anilines is 1. The van der Waals surface area contributed by atoms with Crippen molar-refractivity contribution in [1.82, 2.24) is 9.80 Å². The fourth-order valence-electron chi connectivity index (χ4n) is 3.98. The number of piperazine rings is 1. The summed E-state index contributed by atoms with van der Waals surface area (Å²) in [6.45, 7) is 7.84. The normalized spacial score (nSPS) is 15.6. The zero-order chi connectivity index (χ0) is 25.4.